The second-order valence-electron chi connectivity index (χ2n) is 18.2. The lowest BCUT2D eigenvalue weighted by Gasteiger charge is -2.06. The molecule has 0 spiro atoms. The standard InChI is InChI=1S/C53H106O2/c1-3-5-7-9-11-13-15-17-19-21-22-23-24-25-26-27-28-29-30-31-32-33-34-35-36-38-40-42-44-46-48-50-52-55-53(54)51-49-47-45-43-41-39-37-20-18-16-14-12-10-8-6-4-2/h3-52H2,1-2H3. The highest BCUT2D eigenvalue weighted by Gasteiger charge is 2.03. The van der Waals surface area contributed by atoms with Crippen LogP contribution in [-0.2, 0) is 9.53 Å². The Kier molecular flexibility index (Phi) is 51.0. The van der Waals surface area contributed by atoms with E-state index < -0.39 is 0 Å². The molecule has 0 aromatic rings. The van der Waals surface area contributed by atoms with Crippen LogP contribution in [0, 0.1) is 0 Å². The van der Waals surface area contributed by atoms with Crippen LogP contribution >= 0.6 is 0 Å². The van der Waals surface area contributed by atoms with Gasteiger partial charge >= 0.3 is 5.97 Å². The van der Waals surface area contributed by atoms with Crippen LogP contribution in [0.2, 0.25) is 0 Å². The summed E-state index contributed by atoms with van der Waals surface area (Å²) in [6.45, 7) is 5.24. The molecule has 0 saturated carbocycles. The van der Waals surface area contributed by atoms with Crippen molar-refractivity contribution in [1.29, 1.82) is 0 Å². The topological polar surface area (TPSA) is 26.3 Å². The Morgan fingerprint density at radius 1 is 0.236 bits per heavy atom. The molecule has 0 aliphatic carbocycles. The number of rotatable bonds is 50. The van der Waals surface area contributed by atoms with Gasteiger partial charge < -0.3 is 4.74 Å². The molecule has 0 unspecified atom stereocenters. The lowest BCUT2D eigenvalue weighted by atomic mass is 10.0. The molecule has 0 aromatic carbocycles. The van der Waals surface area contributed by atoms with E-state index in [0.717, 1.165) is 12.8 Å². The minimum atomic E-state index is 0.0334. The van der Waals surface area contributed by atoms with E-state index in [4.69, 9.17) is 4.74 Å². The molecule has 0 heterocycles. The van der Waals surface area contributed by atoms with E-state index in [9.17, 15) is 4.79 Å². The van der Waals surface area contributed by atoms with Crippen LogP contribution in [0.15, 0.2) is 0 Å². The quantitative estimate of drug-likeness (QED) is 0.0454. The Balaban J connectivity index is 3.13. The SMILES string of the molecule is CCCCCCCCCCCCCCCCCCCCCCCCCCCCCCCCCCOC(=O)CCCCCCCCCCCCCCCCCC. The van der Waals surface area contributed by atoms with Crippen molar-refractivity contribution in [2.75, 3.05) is 6.61 Å². The maximum Gasteiger partial charge on any atom is 0.305 e. The largest absolute Gasteiger partial charge is 0.466 e. The second kappa shape index (κ2) is 51.5. The molecule has 0 aliphatic heterocycles. The van der Waals surface area contributed by atoms with Crippen molar-refractivity contribution in [3.05, 3.63) is 0 Å². The second-order valence-corrected chi connectivity index (χ2v) is 18.2. The number of carbonyl (C=O) groups is 1. The van der Waals surface area contributed by atoms with Crippen LogP contribution < -0.4 is 0 Å². The normalized spacial score (nSPS) is 11.5. The van der Waals surface area contributed by atoms with Gasteiger partial charge in [-0.1, -0.05) is 309 Å². The number of carbonyl (C=O) groups excluding carboxylic acids is 1. The molecule has 0 radical (unpaired) electrons. The highest BCUT2D eigenvalue weighted by atomic mass is 16.5. The fraction of sp³-hybridized carbons (Fsp3) is 0.981. The zero-order valence-corrected chi connectivity index (χ0v) is 38.7. The van der Waals surface area contributed by atoms with E-state index in [1.807, 2.05) is 0 Å². The van der Waals surface area contributed by atoms with Gasteiger partial charge in [0.1, 0.15) is 0 Å². The van der Waals surface area contributed by atoms with Crippen molar-refractivity contribution in [3.8, 4) is 0 Å². The molecule has 0 fully saturated rings. The third-order valence-corrected chi connectivity index (χ3v) is 12.5. The van der Waals surface area contributed by atoms with E-state index in [0.29, 0.717) is 13.0 Å². The van der Waals surface area contributed by atoms with Gasteiger partial charge in [0.05, 0.1) is 6.61 Å². The average molecular weight is 775 g/mol. The fourth-order valence-corrected chi connectivity index (χ4v) is 8.55. The van der Waals surface area contributed by atoms with Crippen LogP contribution in [0.5, 0.6) is 0 Å². The monoisotopic (exact) mass is 775 g/mol. The molecular formula is C53H106O2. The van der Waals surface area contributed by atoms with E-state index >= 15 is 0 Å². The van der Waals surface area contributed by atoms with Gasteiger partial charge in [0, 0.05) is 6.42 Å². The highest BCUT2D eigenvalue weighted by Crippen LogP contribution is 2.18. The van der Waals surface area contributed by atoms with Crippen molar-refractivity contribution in [2.45, 2.75) is 328 Å². The molecule has 330 valence electrons. The Bertz CT molecular complexity index is 673. The molecule has 2 nitrogen and oxygen atoms in total. The lowest BCUT2D eigenvalue weighted by Crippen LogP contribution is -2.05. The Labute approximate surface area is 349 Å². The molecule has 0 rings (SSSR count). The van der Waals surface area contributed by atoms with Gasteiger partial charge in [-0.25, -0.2) is 0 Å². The van der Waals surface area contributed by atoms with Gasteiger partial charge in [-0.15, -0.1) is 0 Å². The van der Waals surface area contributed by atoms with Crippen molar-refractivity contribution < 1.29 is 9.53 Å². The molecular weight excluding hydrogens is 669 g/mol. The molecule has 0 N–H and O–H groups in total. The summed E-state index contributed by atoms with van der Waals surface area (Å²) in [4.78, 5) is 12.0. The molecule has 0 aromatic heterocycles. The molecule has 55 heavy (non-hydrogen) atoms. The van der Waals surface area contributed by atoms with Gasteiger partial charge in [0.25, 0.3) is 0 Å². The van der Waals surface area contributed by atoms with Crippen LogP contribution in [0.1, 0.15) is 328 Å². The molecule has 0 saturated heterocycles. The van der Waals surface area contributed by atoms with Crippen molar-refractivity contribution in [3.63, 3.8) is 0 Å². The zero-order chi connectivity index (χ0) is 39.6. The first-order chi connectivity index (χ1) is 27.3. The highest BCUT2D eigenvalue weighted by molar-refractivity contribution is 5.69. The molecule has 0 aliphatic rings. The van der Waals surface area contributed by atoms with Gasteiger partial charge in [0.15, 0.2) is 0 Å². The number of unbranched alkanes of at least 4 members (excludes halogenated alkanes) is 46. The van der Waals surface area contributed by atoms with Crippen LogP contribution in [0.4, 0.5) is 0 Å². The maximum absolute atomic E-state index is 12.0. The predicted octanol–water partition coefficient (Wildman–Crippen LogP) is 19.7. The zero-order valence-electron chi connectivity index (χ0n) is 38.7. The maximum atomic E-state index is 12.0. The number of esters is 1. The van der Waals surface area contributed by atoms with Crippen LogP contribution in [-0.4, -0.2) is 12.6 Å². The minimum absolute atomic E-state index is 0.0334. The Morgan fingerprint density at radius 2 is 0.400 bits per heavy atom. The molecule has 2 heteroatoms. The summed E-state index contributed by atoms with van der Waals surface area (Å²) in [5, 5.41) is 0. The van der Waals surface area contributed by atoms with Crippen molar-refractivity contribution in [1.82, 2.24) is 0 Å². The van der Waals surface area contributed by atoms with Crippen molar-refractivity contribution >= 4 is 5.97 Å². The van der Waals surface area contributed by atoms with E-state index in [-0.39, 0.29) is 5.97 Å². The predicted molar refractivity (Wildman–Crippen MR) is 249 cm³/mol. The van der Waals surface area contributed by atoms with Crippen molar-refractivity contribution in [2.24, 2.45) is 0 Å². The third kappa shape index (κ3) is 51.5. The number of hydrogen-bond acceptors (Lipinski definition) is 2. The molecule has 0 atom stereocenters. The first-order valence-corrected chi connectivity index (χ1v) is 26.5. The first kappa shape index (κ1) is 54.5. The summed E-state index contributed by atoms with van der Waals surface area (Å²) in [5.41, 5.74) is 0. The van der Waals surface area contributed by atoms with E-state index in [2.05, 4.69) is 13.8 Å². The van der Waals surface area contributed by atoms with Crippen LogP contribution in [0.3, 0.4) is 0 Å². The third-order valence-electron chi connectivity index (χ3n) is 12.5. The Morgan fingerprint density at radius 3 is 0.600 bits per heavy atom. The van der Waals surface area contributed by atoms with Gasteiger partial charge in [-0.2, -0.15) is 0 Å². The Hall–Kier alpha value is -0.530. The molecule has 0 bridgehead atoms. The molecule has 0 amide bonds. The van der Waals surface area contributed by atoms with E-state index in [1.54, 1.807) is 0 Å². The number of ether oxygens (including phenoxy) is 1. The first-order valence-electron chi connectivity index (χ1n) is 26.5. The summed E-state index contributed by atoms with van der Waals surface area (Å²) >= 11 is 0. The summed E-state index contributed by atoms with van der Waals surface area (Å²) < 4.78 is 5.49. The van der Waals surface area contributed by atoms with Gasteiger partial charge in [-0.3, -0.25) is 4.79 Å². The number of hydrogen-bond donors (Lipinski definition) is 0. The van der Waals surface area contributed by atoms with Gasteiger partial charge in [-0.05, 0) is 12.8 Å². The summed E-state index contributed by atoms with van der Waals surface area (Å²) in [6.07, 6.45) is 68.4. The fourth-order valence-electron chi connectivity index (χ4n) is 8.55. The van der Waals surface area contributed by atoms with Crippen LogP contribution in [0.25, 0.3) is 0 Å². The lowest BCUT2D eigenvalue weighted by molar-refractivity contribution is -0.143. The summed E-state index contributed by atoms with van der Waals surface area (Å²) in [5.74, 6) is 0.0334. The summed E-state index contributed by atoms with van der Waals surface area (Å²) in [6, 6.07) is 0. The summed E-state index contributed by atoms with van der Waals surface area (Å²) in [7, 11) is 0. The minimum Gasteiger partial charge on any atom is -0.466 e. The smallest absolute Gasteiger partial charge is 0.305 e. The average Bonchev–Trinajstić information content (AvgIpc) is 3.19. The van der Waals surface area contributed by atoms with E-state index in [1.165, 1.54) is 295 Å². The van der Waals surface area contributed by atoms with Gasteiger partial charge in [0.2, 0.25) is 0 Å².